The van der Waals surface area contributed by atoms with E-state index in [9.17, 15) is 9.59 Å². The summed E-state index contributed by atoms with van der Waals surface area (Å²) in [5.41, 5.74) is 5.86. The second kappa shape index (κ2) is 9.12. The van der Waals surface area contributed by atoms with E-state index >= 15 is 0 Å². The third-order valence-corrected chi connectivity index (χ3v) is 5.11. The summed E-state index contributed by atoms with van der Waals surface area (Å²) in [5, 5.41) is 11.1. The molecule has 0 aliphatic rings. The van der Waals surface area contributed by atoms with Crippen LogP contribution in [0.2, 0.25) is 0 Å². The van der Waals surface area contributed by atoms with Crippen LogP contribution < -0.4 is 15.4 Å². The quantitative estimate of drug-likeness (QED) is 0.462. The van der Waals surface area contributed by atoms with E-state index < -0.39 is 0 Å². The van der Waals surface area contributed by atoms with Gasteiger partial charge in [0.1, 0.15) is 0 Å². The molecule has 0 spiro atoms. The highest BCUT2D eigenvalue weighted by Crippen LogP contribution is 2.27. The second-order valence-electron chi connectivity index (χ2n) is 7.90. The van der Waals surface area contributed by atoms with Gasteiger partial charge >= 0.3 is 0 Å². The summed E-state index contributed by atoms with van der Waals surface area (Å²) in [6.45, 7) is 7.21. The molecule has 2 aromatic carbocycles. The highest BCUT2D eigenvalue weighted by molar-refractivity contribution is 5.93. The molecule has 0 atom stereocenters. The lowest BCUT2D eigenvalue weighted by Crippen LogP contribution is -2.20. The molecule has 0 saturated carbocycles. The predicted octanol–water partition coefficient (Wildman–Crippen LogP) is 4.32. The summed E-state index contributed by atoms with van der Waals surface area (Å²) in [4.78, 5) is 28.1. The van der Waals surface area contributed by atoms with Gasteiger partial charge < -0.3 is 15.4 Å². The van der Waals surface area contributed by atoms with Gasteiger partial charge in [-0.05, 0) is 62.7 Å². The number of ether oxygens (including phenoxy) is 1. The lowest BCUT2D eigenvalue weighted by molar-refractivity contribution is -0.118. The average molecular weight is 444 g/mol. The first-order valence-electron chi connectivity index (χ1n) is 10.5. The minimum absolute atomic E-state index is 0.154. The lowest BCUT2D eigenvalue weighted by Gasteiger charge is -2.10. The first-order valence-corrected chi connectivity index (χ1v) is 10.5. The fourth-order valence-corrected chi connectivity index (χ4v) is 3.59. The molecule has 2 heterocycles. The molecule has 0 aliphatic heterocycles. The summed E-state index contributed by atoms with van der Waals surface area (Å²) in [5.74, 6) is -0.117. The van der Waals surface area contributed by atoms with Gasteiger partial charge in [0, 0.05) is 29.8 Å². The Kier molecular flexibility index (Phi) is 6.08. The molecule has 8 nitrogen and oxygen atoms in total. The number of anilines is 2. The zero-order valence-corrected chi connectivity index (χ0v) is 19.0. The van der Waals surface area contributed by atoms with Crippen LogP contribution in [0.25, 0.3) is 16.7 Å². The molecular weight excluding hydrogens is 418 g/mol. The fourth-order valence-electron chi connectivity index (χ4n) is 3.59. The first-order chi connectivity index (χ1) is 15.8. The van der Waals surface area contributed by atoms with Crippen molar-refractivity contribution in [3.8, 4) is 11.6 Å². The summed E-state index contributed by atoms with van der Waals surface area (Å²) < 4.78 is 7.50. The van der Waals surface area contributed by atoms with Crippen LogP contribution >= 0.6 is 0 Å². The lowest BCUT2D eigenvalue weighted by atomic mass is 10.1. The van der Waals surface area contributed by atoms with Gasteiger partial charge in [-0.15, -0.1) is 0 Å². The van der Waals surface area contributed by atoms with Crippen molar-refractivity contribution >= 4 is 34.2 Å². The summed E-state index contributed by atoms with van der Waals surface area (Å²) in [7, 11) is 0. The predicted molar refractivity (Wildman–Crippen MR) is 128 cm³/mol. The first kappa shape index (κ1) is 22.0. The maximum atomic E-state index is 12.4. The molecule has 0 saturated heterocycles. The molecule has 0 radical (unpaired) electrons. The van der Waals surface area contributed by atoms with Crippen molar-refractivity contribution in [3.05, 3.63) is 71.4 Å². The highest BCUT2D eigenvalue weighted by Gasteiger charge is 2.15. The zero-order valence-electron chi connectivity index (χ0n) is 19.0. The number of hydrogen-bond acceptors (Lipinski definition) is 5. The number of amides is 2. The average Bonchev–Trinajstić information content (AvgIpc) is 3.11. The van der Waals surface area contributed by atoms with E-state index in [1.165, 1.54) is 6.92 Å². The van der Waals surface area contributed by atoms with Crippen molar-refractivity contribution in [3.63, 3.8) is 0 Å². The zero-order chi connectivity index (χ0) is 23.5. The number of nitrogens with zero attached hydrogens (tertiary/aromatic N) is 3. The Bertz CT molecular complexity index is 1330. The summed E-state index contributed by atoms with van der Waals surface area (Å²) >= 11 is 0. The van der Waals surface area contributed by atoms with Crippen LogP contribution in [0, 0.1) is 20.8 Å². The Balaban J connectivity index is 1.49. The standard InChI is InChI=1S/C25H25N5O3/c1-15-5-11-21(12-6-15)30-25-24(17(3)29-30)16(2)13-23(28-25)33-14-22(32)27-20-9-7-19(8-10-20)26-18(4)31/h5-13H,14H2,1-4H3,(H,26,31)(H,27,32). The minimum Gasteiger partial charge on any atom is -0.467 e. The van der Waals surface area contributed by atoms with E-state index in [0.717, 1.165) is 27.9 Å². The topological polar surface area (TPSA) is 98.1 Å². The van der Waals surface area contributed by atoms with Crippen LogP contribution in [-0.2, 0) is 9.59 Å². The molecule has 33 heavy (non-hydrogen) atoms. The molecular formula is C25H25N5O3. The second-order valence-corrected chi connectivity index (χ2v) is 7.90. The Labute approximate surface area is 191 Å². The van der Waals surface area contributed by atoms with Crippen molar-refractivity contribution in [1.29, 1.82) is 0 Å². The molecule has 4 rings (SSSR count). The maximum absolute atomic E-state index is 12.4. The van der Waals surface area contributed by atoms with E-state index in [0.29, 0.717) is 22.9 Å². The Morgan fingerprint density at radius 3 is 2.21 bits per heavy atom. The molecule has 0 aliphatic carbocycles. The van der Waals surface area contributed by atoms with E-state index in [1.807, 2.05) is 51.1 Å². The molecule has 0 bridgehead atoms. The largest absolute Gasteiger partial charge is 0.467 e. The monoisotopic (exact) mass is 443 g/mol. The maximum Gasteiger partial charge on any atom is 0.262 e. The van der Waals surface area contributed by atoms with Gasteiger partial charge in [0.2, 0.25) is 11.8 Å². The van der Waals surface area contributed by atoms with Crippen molar-refractivity contribution in [2.75, 3.05) is 17.2 Å². The number of fused-ring (bicyclic) bond motifs is 1. The molecule has 2 amide bonds. The van der Waals surface area contributed by atoms with Gasteiger partial charge in [0.15, 0.2) is 12.3 Å². The number of carbonyl (C=O) groups excluding carboxylic acids is 2. The van der Waals surface area contributed by atoms with Crippen molar-refractivity contribution in [2.45, 2.75) is 27.7 Å². The van der Waals surface area contributed by atoms with E-state index in [2.05, 4.69) is 20.7 Å². The van der Waals surface area contributed by atoms with Crippen LogP contribution in [0.1, 0.15) is 23.7 Å². The van der Waals surface area contributed by atoms with E-state index in [-0.39, 0.29) is 18.4 Å². The molecule has 4 aromatic rings. The number of nitrogens with one attached hydrogen (secondary N) is 2. The Morgan fingerprint density at radius 1 is 0.939 bits per heavy atom. The van der Waals surface area contributed by atoms with Crippen LogP contribution in [0.15, 0.2) is 54.6 Å². The van der Waals surface area contributed by atoms with Gasteiger partial charge in [-0.25, -0.2) is 4.68 Å². The van der Waals surface area contributed by atoms with Gasteiger partial charge in [0.05, 0.1) is 11.4 Å². The van der Waals surface area contributed by atoms with Crippen LogP contribution in [-0.4, -0.2) is 33.2 Å². The highest BCUT2D eigenvalue weighted by atomic mass is 16.5. The molecule has 2 aromatic heterocycles. The smallest absolute Gasteiger partial charge is 0.262 e. The number of hydrogen-bond donors (Lipinski definition) is 2. The summed E-state index contributed by atoms with van der Waals surface area (Å²) in [6, 6.07) is 16.7. The minimum atomic E-state index is -0.315. The third kappa shape index (κ3) is 5.01. The van der Waals surface area contributed by atoms with E-state index in [1.54, 1.807) is 28.9 Å². The van der Waals surface area contributed by atoms with Crippen molar-refractivity contribution < 1.29 is 14.3 Å². The normalized spacial score (nSPS) is 10.8. The van der Waals surface area contributed by atoms with Crippen LogP contribution in [0.5, 0.6) is 5.88 Å². The number of carbonyl (C=O) groups is 2. The van der Waals surface area contributed by atoms with Crippen molar-refractivity contribution in [2.24, 2.45) is 0 Å². The van der Waals surface area contributed by atoms with Crippen LogP contribution in [0.4, 0.5) is 11.4 Å². The van der Waals surface area contributed by atoms with Gasteiger partial charge in [0.25, 0.3) is 5.91 Å². The fraction of sp³-hybridized carbons (Fsp3) is 0.200. The SMILES string of the molecule is CC(=O)Nc1ccc(NC(=O)COc2cc(C)c3c(C)nn(-c4ccc(C)cc4)c3n2)cc1. The van der Waals surface area contributed by atoms with Crippen molar-refractivity contribution in [1.82, 2.24) is 14.8 Å². The van der Waals surface area contributed by atoms with E-state index in [4.69, 9.17) is 4.74 Å². The number of aromatic nitrogens is 3. The van der Waals surface area contributed by atoms with Crippen LogP contribution in [0.3, 0.4) is 0 Å². The van der Waals surface area contributed by atoms with Gasteiger partial charge in [-0.2, -0.15) is 10.1 Å². The molecule has 2 N–H and O–H groups in total. The summed E-state index contributed by atoms with van der Waals surface area (Å²) in [6.07, 6.45) is 0. The molecule has 0 fully saturated rings. The van der Waals surface area contributed by atoms with Gasteiger partial charge in [-0.1, -0.05) is 17.7 Å². The molecule has 8 heteroatoms. The number of pyridine rings is 1. The van der Waals surface area contributed by atoms with Gasteiger partial charge in [-0.3, -0.25) is 9.59 Å². The number of benzene rings is 2. The number of aryl methyl sites for hydroxylation is 3. The third-order valence-electron chi connectivity index (χ3n) is 5.11. The molecule has 168 valence electrons. The Hall–Kier alpha value is -4.20. The number of rotatable bonds is 6. The Morgan fingerprint density at radius 2 is 1.58 bits per heavy atom. The molecule has 0 unspecified atom stereocenters.